The SMILES string of the molecule is Cc1cc(C(=O)O)c([O-])c2ccccc12. The molecule has 15 heavy (non-hydrogen) atoms. The van der Waals surface area contributed by atoms with E-state index in [1.54, 1.807) is 19.1 Å². The Morgan fingerprint density at radius 1 is 1.27 bits per heavy atom. The highest BCUT2D eigenvalue weighted by Crippen LogP contribution is 2.29. The zero-order chi connectivity index (χ0) is 11.0. The van der Waals surface area contributed by atoms with Crippen molar-refractivity contribution in [2.24, 2.45) is 0 Å². The highest BCUT2D eigenvalue weighted by Gasteiger charge is 2.08. The van der Waals surface area contributed by atoms with Crippen LogP contribution in [0.4, 0.5) is 0 Å². The van der Waals surface area contributed by atoms with Crippen LogP contribution in [0.25, 0.3) is 10.8 Å². The second-order valence-corrected chi connectivity index (χ2v) is 3.42. The Balaban J connectivity index is 2.90. The normalized spacial score (nSPS) is 10.5. The molecule has 2 aromatic rings. The molecule has 2 aromatic carbocycles. The third kappa shape index (κ3) is 1.42. The molecule has 0 heterocycles. The van der Waals surface area contributed by atoms with Crippen molar-refractivity contribution < 1.29 is 15.0 Å². The Labute approximate surface area is 86.6 Å². The number of carbonyl (C=O) groups is 1. The number of hydrogen-bond donors (Lipinski definition) is 1. The Kier molecular flexibility index (Phi) is 2.08. The molecule has 0 saturated heterocycles. The number of hydrogen-bond acceptors (Lipinski definition) is 2. The van der Waals surface area contributed by atoms with Gasteiger partial charge in [0, 0.05) is 0 Å². The highest BCUT2D eigenvalue weighted by molar-refractivity contribution is 6.01. The van der Waals surface area contributed by atoms with Gasteiger partial charge in [0.05, 0.1) is 5.56 Å². The number of carboxylic acid groups (broad SMARTS) is 1. The third-order valence-electron chi connectivity index (χ3n) is 2.43. The monoisotopic (exact) mass is 201 g/mol. The first-order chi connectivity index (χ1) is 7.11. The van der Waals surface area contributed by atoms with E-state index in [-0.39, 0.29) is 5.56 Å². The largest absolute Gasteiger partial charge is 0.871 e. The fourth-order valence-corrected chi connectivity index (χ4v) is 1.69. The van der Waals surface area contributed by atoms with Crippen LogP contribution in [0.15, 0.2) is 30.3 Å². The average molecular weight is 201 g/mol. The van der Waals surface area contributed by atoms with Crippen molar-refractivity contribution in [3.05, 3.63) is 41.5 Å². The van der Waals surface area contributed by atoms with Crippen molar-refractivity contribution in [2.75, 3.05) is 0 Å². The molecule has 0 spiro atoms. The molecule has 0 unspecified atom stereocenters. The van der Waals surface area contributed by atoms with Gasteiger partial charge in [-0.2, -0.15) is 0 Å². The third-order valence-corrected chi connectivity index (χ3v) is 2.43. The van der Waals surface area contributed by atoms with Gasteiger partial charge in [0.15, 0.2) is 0 Å². The molecule has 76 valence electrons. The van der Waals surface area contributed by atoms with Crippen LogP contribution < -0.4 is 5.11 Å². The van der Waals surface area contributed by atoms with E-state index in [9.17, 15) is 9.90 Å². The van der Waals surface area contributed by atoms with E-state index in [0.717, 1.165) is 10.9 Å². The van der Waals surface area contributed by atoms with E-state index < -0.39 is 11.7 Å². The lowest BCUT2D eigenvalue weighted by Crippen LogP contribution is -2.05. The van der Waals surface area contributed by atoms with E-state index in [1.165, 1.54) is 6.07 Å². The molecule has 0 aliphatic heterocycles. The molecule has 2 rings (SSSR count). The summed E-state index contributed by atoms with van der Waals surface area (Å²) in [7, 11) is 0. The van der Waals surface area contributed by atoms with Crippen LogP contribution >= 0.6 is 0 Å². The number of fused-ring (bicyclic) bond motifs is 1. The van der Waals surface area contributed by atoms with Gasteiger partial charge < -0.3 is 10.2 Å². The van der Waals surface area contributed by atoms with Gasteiger partial charge in [0.2, 0.25) is 0 Å². The molecule has 3 nitrogen and oxygen atoms in total. The van der Waals surface area contributed by atoms with Crippen molar-refractivity contribution in [2.45, 2.75) is 6.92 Å². The number of carboxylic acids is 1. The maximum atomic E-state index is 11.7. The molecule has 0 aromatic heterocycles. The van der Waals surface area contributed by atoms with Crippen molar-refractivity contribution in [1.29, 1.82) is 0 Å². The van der Waals surface area contributed by atoms with Gasteiger partial charge in [-0.3, -0.25) is 0 Å². The fourth-order valence-electron chi connectivity index (χ4n) is 1.69. The minimum Gasteiger partial charge on any atom is -0.871 e. The summed E-state index contributed by atoms with van der Waals surface area (Å²) in [6, 6.07) is 8.45. The van der Waals surface area contributed by atoms with Crippen LogP contribution in [-0.2, 0) is 0 Å². The van der Waals surface area contributed by atoms with Gasteiger partial charge in [-0.15, -0.1) is 0 Å². The summed E-state index contributed by atoms with van der Waals surface area (Å²) < 4.78 is 0. The summed E-state index contributed by atoms with van der Waals surface area (Å²) in [6.07, 6.45) is 0. The predicted octanol–water partition coefficient (Wildman–Crippen LogP) is 1.92. The topological polar surface area (TPSA) is 60.4 Å². The van der Waals surface area contributed by atoms with Crippen LogP contribution in [0.5, 0.6) is 5.75 Å². The van der Waals surface area contributed by atoms with Crippen molar-refractivity contribution in [1.82, 2.24) is 0 Å². The molecule has 1 N–H and O–H groups in total. The maximum Gasteiger partial charge on any atom is 0.335 e. The van der Waals surface area contributed by atoms with Crippen LogP contribution in [0, 0.1) is 6.92 Å². The van der Waals surface area contributed by atoms with Crippen LogP contribution in [0.3, 0.4) is 0 Å². The van der Waals surface area contributed by atoms with Crippen LogP contribution in [0.2, 0.25) is 0 Å². The van der Waals surface area contributed by atoms with Gasteiger partial charge >= 0.3 is 5.97 Å². The van der Waals surface area contributed by atoms with E-state index in [2.05, 4.69) is 0 Å². The van der Waals surface area contributed by atoms with Gasteiger partial charge in [-0.05, 0) is 29.3 Å². The van der Waals surface area contributed by atoms with Gasteiger partial charge in [0.1, 0.15) is 0 Å². The molecule has 0 atom stereocenters. The molecule has 3 heteroatoms. The molecule has 0 fully saturated rings. The lowest BCUT2D eigenvalue weighted by atomic mass is 10.0. The molecule has 0 aliphatic rings. The summed E-state index contributed by atoms with van der Waals surface area (Å²) in [5.41, 5.74) is 0.647. The van der Waals surface area contributed by atoms with Crippen molar-refractivity contribution >= 4 is 16.7 Å². The number of rotatable bonds is 1. The summed E-state index contributed by atoms with van der Waals surface area (Å²) in [5.74, 6) is -1.59. The zero-order valence-electron chi connectivity index (χ0n) is 8.15. The van der Waals surface area contributed by atoms with E-state index >= 15 is 0 Å². The second kappa shape index (κ2) is 3.28. The first kappa shape index (κ1) is 9.52. The Morgan fingerprint density at radius 2 is 1.87 bits per heavy atom. The summed E-state index contributed by atoms with van der Waals surface area (Å²) in [5, 5.41) is 21.9. The van der Waals surface area contributed by atoms with E-state index in [0.29, 0.717) is 5.39 Å². The van der Waals surface area contributed by atoms with Gasteiger partial charge in [0.25, 0.3) is 0 Å². The van der Waals surface area contributed by atoms with E-state index in [1.807, 2.05) is 12.1 Å². The fraction of sp³-hybridized carbons (Fsp3) is 0.0833. The summed E-state index contributed by atoms with van der Waals surface area (Å²) in [6.45, 7) is 1.80. The Bertz CT molecular complexity index is 544. The van der Waals surface area contributed by atoms with Crippen LogP contribution in [-0.4, -0.2) is 11.1 Å². The minimum atomic E-state index is -1.17. The highest BCUT2D eigenvalue weighted by atomic mass is 16.4. The second-order valence-electron chi connectivity index (χ2n) is 3.42. The van der Waals surface area contributed by atoms with Crippen LogP contribution in [0.1, 0.15) is 15.9 Å². The molecule has 0 bridgehead atoms. The lowest BCUT2D eigenvalue weighted by molar-refractivity contribution is -0.266. The lowest BCUT2D eigenvalue weighted by Gasteiger charge is -2.15. The summed E-state index contributed by atoms with van der Waals surface area (Å²) >= 11 is 0. The van der Waals surface area contributed by atoms with E-state index in [4.69, 9.17) is 5.11 Å². The molecule has 0 radical (unpaired) electrons. The average Bonchev–Trinajstić information content (AvgIpc) is 2.23. The Morgan fingerprint density at radius 3 is 2.47 bits per heavy atom. The zero-order valence-corrected chi connectivity index (χ0v) is 8.15. The molecular formula is C12H9O3-. The molecule has 0 aliphatic carbocycles. The van der Waals surface area contributed by atoms with Gasteiger partial charge in [-0.1, -0.05) is 30.0 Å². The first-order valence-electron chi connectivity index (χ1n) is 4.54. The minimum absolute atomic E-state index is 0.161. The maximum absolute atomic E-state index is 11.7. The predicted molar refractivity (Wildman–Crippen MR) is 55.1 cm³/mol. The standard InChI is InChI=1S/C12H10O3/c1-7-6-10(12(14)15)11(13)9-5-3-2-4-8(7)9/h2-6,13H,1H3,(H,14,15)/p-1. The molecular weight excluding hydrogens is 192 g/mol. The molecule has 0 saturated carbocycles. The number of benzene rings is 2. The number of aromatic carboxylic acids is 1. The van der Waals surface area contributed by atoms with Gasteiger partial charge in [-0.25, -0.2) is 4.79 Å². The molecule has 0 amide bonds. The summed E-state index contributed by atoms with van der Waals surface area (Å²) in [4.78, 5) is 10.8. The van der Waals surface area contributed by atoms with Crippen molar-refractivity contribution in [3.63, 3.8) is 0 Å². The quantitative estimate of drug-likeness (QED) is 0.766. The smallest absolute Gasteiger partial charge is 0.335 e. The van der Waals surface area contributed by atoms with Crippen molar-refractivity contribution in [3.8, 4) is 5.75 Å². The Hall–Kier alpha value is -2.03. The first-order valence-corrected chi connectivity index (χ1v) is 4.54. The number of aryl methyl sites for hydroxylation is 1.